The Hall–Kier alpha value is -2.74. The lowest BCUT2D eigenvalue weighted by Crippen LogP contribution is -2.50. The summed E-state index contributed by atoms with van der Waals surface area (Å²) in [7, 11) is 0. The Morgan fingerprint density at radius 3 is 2.67 bits per heavy atom. The average Bonchev–Trinajstić information content (AvgIpc) is 3.20. The molecule has 3 heterocycles. The number of carbonyl (C=O) groups is 3. The number of pyridine rings is 1. The van der Waals surface area contributed by atoms with Gasteiger partial charge in [0.05, 0.1) is 11.7 Å². The van der Waals surface area contributed by atoms with Gasteiger partial charge in [0.1, 0.15) is 11.6 Å². The Kier molecular flexibility index (Phi) is 5.27. The molecule has 2 N–H and O–H groups in total. The van der Waals surface area contributed by atoms with Crippen LogP contribution >= 0.6 is 11.3 Å². The van der Waals surface area contributed by atoms with E-state index in [1.165, 1.54) is 0 Å². The summed E-state index contributed by atoms with van der Waals surface area (Å²) in [6.45, 7) is 4.78. The quantitative estimate of drug-likeness (QED) is 0.745. The van der Waals surface area contributed by atoms with Gasteiger partial charge in [-0.05, 0) is 61.7 Å². The van der Waals surface area contributed by atoms with Crippen LogP contribution in [0, 0.1) is 0 Å². The summed E-state index contributed by atoms with van der Waals surface area (Å²) in [5, 5.41) is 9.54. The van der Waals surface area contributed by atoms with Gasteiger partial charge < -0.3 is 10.6 Å². The summed E-state index contributed by atoms with van der Waals surface area (Å²) in [5.74, 6) is -0.815. The zero-order chi connectivity index (χ0) is 19.6. The highest BCUT2D eigenvalue weighted by molar-refractivity contribution is 7.07. The molecule has 3 rings (SSSR count). The Balaban J connectivity index is 1.78. The smallest absolute Gasteiger partial charge is 0.325 e. The molecule has 27 heavy (non-hydrogen) atoms. The minimum Gasteiger partial charge on any atom is -0.346 e. The van der Waals surface area contributed by atoms with Gasteiger partial charge in [-0.3, -0.25) is 14.6 Å². The van der Waals surface area contributed by atoms with E-state index in [-0.39, 0.29) is 6.04 Å². The standard InChI is InChI=1S/C19H22N4O3S/c1-12(23-17(25)19(2,3)22-18(23)26)16(24)21-15(10-13-7-9-27-11-13)14-6-4-5-8-20-14/h4-9,11-12,15H,10H2,1-3H3,(H,21,24)(H,22,26)/t12-,15+/m1/s1. The first kappa shape index (κ1) is 19.0. The molecule has 2 atom stereocenters. The van der Waals surface area contributed by atoms with E-state index >= 15 is 0 Å². The fourth-order valence-corrected chi connectivity index (χ4v) is 3.67. The van der Waals surface area contributed by atoms with E-state index in [9.17, 15) is 14.4 Å². The molecule has 8 heteroatoms. The summed E-state index contributed by atoms with van der Waals surface area (Å²) >= 11 is 1.58. The van der Waals surface area contributed by atoms with E-state index in [2.05, 4.69) is 15.6 Å². The third-order valence-corrected chi connectivity index (χ3v) is 5.27. The number of amides is 4. The summed E-state index contributed by atoms with van der Waals surface area (Å²) in [6, 6.07) is 5.68. The van der Waals surface area contributed by atoms with Crippen molar-refractivity contribution in [2.75, 3.05) is 0 Å². The van der Waals surface area contributed by atoms with Crippen LogP contribution in [0.3, 0.4) is 0 Å². The van der Waals surface area contributed by atoms with Crippen molar-refractivity contribution >= 4 is 29.2 Å². The number of imide groups is 1. The number of aromatic nitrogens is 1. The van der Waals surface area contributed by atoms with Crippen LogP contribution in [0.15, 0.2) is 41.2 Å². The van der Waals surface area contributed by atoms with Crippen LogP contribution in [-0.4, -0.2) is 39.3 Å². The maximum atomic E-state index is 12.8. The minimum atomic E-state index is -1.01. The van der Waals surface area contributed by atoms with Gasteiger partial charge in [-0.25, -0.2) is 9.69 Å². The highest BCUT2D eigenvalue weighted by Crippen LogP contribution is 2.22. The molecule has 0 aliphatic carbocycles. The first-order valence-corrected chi connectivity index (χ1v) is 9.62. The van der Waals surface area contributed by atoms with E-state index in [4.69, 9.17) is 0 Å². The van der Waals surface area contributed by atoms with Crippen molar-refractivity contribution in [1.29, 1.82) is 0 Å². The first-order valence-electron chi connectivity index (χ1n) is 8.68. The summed E-state index contributed by atoms with van der Waals surface area (Å²) in [4.78, 5) is 42.8. The van der Waals surface area contributed by atoms with Crippen LogP contribution in [0.5, 0.6) is 0 Å². The predicted octanol–water partition coefficient (Wildman–Crippen LogP) is 2.26. The van der Waals surface area contributed by atoms with Gasteiger partial charge in [-0.15, -0.1) is 0 Å². The third kappa shape index (κ3) is 4.00. The number of nitrogens with one attached hydrogen (secondary N) is 2. The fourth-order valence-electron chi connectivity index (χ4n) is 2.99. The van der Waals surface area contributed by atoms with Crippen molar-refractivity contribution in [3.05, 3.63) is 52.5 Å². The number of hydrogen-bond donors (Lipinski definition) is 2. The molecule has 0 spiro atoms. The molecular weight excluding hydrogens is 364 g/mol. The molecule has 0 unspecified atom stereocenters. The van der Waals surface area contributed by atoms with Gasteiger partial charge in [-0.1, -0.05) is 6.07 Å². The van der Waals surface area contributed by atoms with Crippen LogP contribution in [0.2, 0.25) is 0 Å². The van der Waals surface area contributed by atoms with Gasteiger partial charge in [0.25, 0.3) is 5.91 Å². The van der Waals surface area contributed by atoms with Crippen LogP contribution < -0.4 is 10.6 Å². The average molecular weight is 386 g/mol. The molecule has 1 aliphatic rings. The molecule has 0 radical (unpaired) electrons. The maximum Gasteiger partial charge on any atom is 0.325 e. The normalized spacial score (nSPS) is 18.1. The number of nitrogens with zero attached hydrogens (tertiary/aromatic N) is 2. The number of urea groups is 1. The van der Waals surface area contributed by atoms with Gasteiger partial charge >= 0.3 is 6.03 Å². The van der Waals surface area contributed by atoms with Crippen molar-refractivity contribution in [3.63, 3.8) is 0 Å². The Morgan fingerprint density at radius 1 is 1.33 bits per heavy atom. The fraction of sp³-hybridized carbons (Fsp3) is 0.368. The van der Waals surface area contributed by atoms with Gasteiger partial charge in [0.15, 0.2) is 0 Å². The second kappa shape index (κ2) is 7.48. The lowest BCUT2D eigenvalue weighted by molar-refractivity contribution is -0.137. The Morgan fingerprint density at radius 2 is 2.11 bits per heavy atom. The molecule has 0 aromatic carbocycles. The monoisotopic (exact) mass is 386 g/mol. The van der Waals surface area contributed by atoms with Crippen LogP contribution in [0.25, 0.3) is 0 Å². The van der Waals surface area contributed by atoms with Gasteiger partial charge in [0.2, 0.25) is 5.91 Å². The molecule has 1 saturated heterocycles. The Bertz CT molecular complexity index is 836. The summed E-state index contributed by atoms with van der Waals surface area (Å²) in [6.07, 6.45) is 2.25. The van der Waals surface area contributed by atoms with Crippen LogP contribution in [-0.2, 0) is 16.0 Å². The van der Waals surface area contributed by atoms with E-state index in [0.29, 0.717) is 6.42 Å². The van der Waals surface area contributed by atoms with E-state index < -0.39 is 29.4 Å². The molecule has 1 aliphatic heterocycles. The molecule has 4 amide bonds. The Labute approximate surface area is 161 Å². The van der Waals surface area contributed by atoms with Crippen molar-refractivity contribution in [2.24, 2.45) is 0 Å². The van der Waals surface area contributed by atoms with Crippen molar-refractivity contribution in [1.82, 2.24) is 20.5 Å². The van der Waals surface area contributed by atoms with E-state index in [1.54, 1.807) is 38.3 Å². The molecule has 0 saturated carbocycles. The lowest BCUT2D eigenvalue weighted by atomic mass is 10.0. The largest absolute Gasteiger partial charge is 0.346 e. The van der Waals surface area contributed by atoms with Crippen LogP contribution in [0.4, 0.5) is 4.79 Å². The van der Waals surface area contributed by atoms with Crippen molar-refractivity contribution in [2.45, 2.75) is 44.8 Å². The van der Waals surface area contributed by atoms with Crippen LogP contribution in [0.1, 0.15) is 38.1 Å². The first-order chi connectivity index (χ1) is 12.8. The van der Waals surface area contributed by atoms with E-state index in [1.807, 2.05) is 35.0 Å². The maximum absolute atomic E-state index is 12.8. The van der Waals surface area contributed by atoms with E-state index in [0.717, 1.165) is 16.2 Å². The van der Waals surface area contributed by atoms with Gasteiger partial charge in [-0.2, -0.15) is 11.3 Å². The molecule has 0 bridgehead atoms. The number of hydrogen-bond acceptors (Lipinski definition) is 5. The second-order valence-electron chi connectivity index (χ2n) is 7.06. The topological polar surface area (TPSA) is 91.4 Å². The van der Waals surface area contributed by atoms with Crippen molar-refractivity contribution < 1.29 is 14.4 Å². The number of carbonyl (C=O) groups excluding carboxylic acids is 3. The summed E-state index contributed by atoms with van der Waals surface area (Å²) in [5.41, 5.74) is 0.796. The molecule has 1 fully saturated rings. The van der Waals surface area contributed by atoms with Crippen molar-refractivity contribution in [3.8, 4) is 0 Å². The third-order valence-electron chi connectivity index (χ3n) is 4.54. The second-order valence-corrected chi connectivity index (χ2v) is 7.84. The summed E-state index contributed by atoms with van der Waals surface area (Å²) < 4.78 is 0. The lowest BCUT2D eigenvalue weighted by Gasteiger charge is -2.25. The minimum absolute atomic E-state index is 0.357. The number of rotatable bonds is 6. The molecule has 2 aromatic rings. The SMILES string of the molecule is C[C@H](C(=O)N[C@@H](Cc1ccsc1)c1ccccn1)N1C(=O)NC(C)(C)C1=O. The predicted molar refractivity (Wildman–Crippen MR) is 102 cm³/mol. The van der Waals surface area contributed by atoms with Gasteiger partial charge in [0, 0.05) is 6.20 Å². The number of thiophene rings is 1. The molecule has 142 valence electrons. The molecular formula is C19H22N4O3S. The zero-order valence-electron chi connectivity index (χ0n) is 15.4. The zero-order valence-corrected chi connectivity index (χ0v) is 16.2. The highest BCUT2D eigenvalue weighted by atomic mass is 32.1. The molecule has 2 aromatic heterocycles. The highest BCUT2D eigenvalue weighted by Gasteiger charge is 2.48. The molecule has 7 nitrogen and oxygen atoms in total.